The van der Waals surface area contributed by atoms with Gasteiger partial charge in [0.25, 0.3) is 0 Å². The van der Waals surface area contributed by atoms with Gasteiger partial charge < -0.3 is 15.1 Å². The normalized spacial score (nSPS) is 24.4. The van der Waals surface area contributed by atoms with Crippen molar-refractivity contribution in [3.63, 3.8) is 0 Å². The van der Waals surface area contributed by atoms with Crippen molar-refractivity contribution in [2.75, 3.05) is 31.5 Å². The Hall–Kier alpha value is -2.90. The van der Waals surface area contributed by atoms with Crippen LogP contribution in [0.5, 0.6) is 0 Å². The second-order valence-corrected chi connectivity index (χ2v) is 9.12. The summed E-state index contributed by atoms with van der Waals surface area (Å²) in [6.45, 7) is 4.85. The highest BCUT2D eigenvalue weighted by Gasteiger charge is 2.42. The van der Waals surface area contributed by atoms with Crippen molar-refractivity contribution >= 4 is 29.4 Å². The fourth-order valence-electron chi connectivity index (χ4n) is 5.12. The Labute approximate surface area is 188 Å². The molecule has 3 aliphatic rings. The third-order valence-corrected chi connectivity index (χ3v) is 7.29. The molecule has 0 aromatic heterocycles. The van der Waals surface area contributed by atoms with Gasteiger partial charge in [-0.3, -0.25) is 19.7 Å². The zero-order valence-electron chi connectivity index (χ0n) is 18.7. The number of likely N-dealkylation sites (tertiary alicyclic amines) is 2. The molecule has 8 heteroatoms. The number of hydrogen-bond acceptors (Lipinski definition) is 4. The van der Waals surface area contributed by atoms with Crippen LogP contribution in [0.2, 0.25) is 0 Å². The van der Waals surface area contributed by atoms with Crippen molar-refractivity contribution in [2.45, 2.75) is 57.3 Å². The molecule has 0 aliphatic carbocycles. The van der Waals surface area contributed by atoms with E-state index in [0.717, 1.165) is 31.5 Å². The van der Waals surface area contributed by atoms with E-state index < -0.39 is 5.41 Å². The lowest BCUT2D eigenvalue weighted by Crippen LogP contribution is -2.51. The Balaban J connectivity index is 1.33. The summed E-state index contributed by atoms with van der Waals surface area (Å²) in [4.78, 5) is 53.2. The molecule has 0 bridgehead atoms. The Kier molecular flexibility index (Phi) is 6.48. The van der Waals surface area contributed by atoms with Gasteiger partial charge in [-0.1, -0.05) is 19.1 Å². The zero-order valence-corrected chi connectivity index (χ0v) is 18.7. The molecule has 2 N–H and O–H groups in total. The summed E-state index contributed by atoms with van der Waals surface area (Å²) < 4.78 is 0. The number of carbonyl (C=O) groups excluding carboxylic acids is 4. The molecule has 3 fully saturated rings. The number of amides is 5. The summed E-state index contributed by atoms with van der Waals surface area (Å²) in [5.41, 5.74) is 0.843. The predicted octanol–water partition coefficient (Wildman–Crippen LogP) is 2.64. The molecule has 1 aromatic rings. The fraction of sp³-hybridized carbons (Fsp3) is 0.583. The predicted molar refractivity (Wildman–Crippen MR) is 120 cm³/mol. The van der Waals surface area contributed by atoms with E-state index in [2.05, 4.69) is 10.6 Å². The number of carbonyl (C=O) groups is 4. The number of piperidine rings is 2. The molecule has 1 aromatic carbocycles. The molecule has 3 saturated heterocycles. The number of nitrogens with zero attached hydrogens (tertiary/aromatic N) is 2. The second kappa shape index (κ2) is 9.30. The maximum absolute atomic E-state index is 12.8. The van der Waals surface area contributed by atoms with E-state index in [1.54, 1.807) is 0 Å². The molecule has 8 nitrogen and oxygen atoms in total. The van der Waals surface area contributed by atoms with Crippen LogP contribution >= 0.6 is 0 Å². The van der Waals surface area contributed by atoms with Gasteiger partial charge in [-0.25, -0.2) is 4.79 Å². The van der Waals surface area contributed by atoms with Gasteiger partial charge in [-0.2, -0.15) is 0 Å². The van der Waals surface area contributed by atoms with Crippen LogP contribution in [0, 0.1) is 5.92 Å². The van der Waals surface area contributed by atoms with Crippen molar-refractivity contribution in [2.24, 2.45) is 5.92 Å². The second-order valence-electron chi connectivity index (χ2n) is 9.12. The summed E-state index contributed by atoms with van der Waals surface area (Å²) in [5.74, 6) is -0.619. The van der Waals surface area contributed by atoms with Crippen LogP contribution in [0.4, 0.5) is 10.5 Å². The smallest absolute Gasteiger partial charge is 0.319 e. The molecular weight excluding hydrogens is 408 g/mol. The Morgan fingerprint density at radius 2 is 1.66 bits per heavy atom. The highest BCUT2D eigenvalue weighted by atomic mass is 16.2. The average Bonchev–Trinajstić information content (AvgIpc) is 3.35. The number of rotatable bonds is 4. The van der Waals surface area contributed by atoms with Crippen LogP contribution in [-0.4, -0.2) is 59.7 Å². The lowest BCUT2D eigenvalue weighted by molar-refractivity contribution is -0.138. The highest BCUT2D eigenvalue weighted by molar-refractivity contribution is 6.03. The molecule has 0 spiro atoms. The number of urea groups is 1. The van der Waals surface area contributed by atoms with E-state index in [1.807, 2.05) is 41.0 Å². The van der Waals surface area contributed by atoms with Crippen LogP contribution in [0.15, 0.2) is 24.3 Å². The first-order chi connectivity index (χ1) is 15.4. The van der Waals surface area contributed by atoms with Crippen molar-refractivity contribution in [1.29, 1.82) is 0 Å². The Bertz CT molecular complexity index is 886. The van der Waals surface area contributed by atoms with Crippen molar-refractivity contribution < 1.29 is 19.2 Å². The molecule has 3 heterocycles. The number of nitrogens with one attached hydrogen (secondary N) is 2. The first-order valence-corrected chi connectivity index (χ1v) is 11.7. The maximum atomic E-state index is 12.8. The molecule has 4 rings (SSSR count). The van der Waals surface area contributed by atoms with Gasteiger partial charge in [0, 0.05) is 44.2 Å². The highest BCUT2D eigenvalue weighted by Crippen LogP contribution is 2.36. The monoisotopic (exact) mass is 440 g/mol. The van der Waals surface area contributed by atoms with E-state index in [-0.39, 0.29) is 29.7 Å². The topological polar surface area (TPSA) is 98.8 Å². The molecule has 5 amide bonds. The number of anilines is 1. The molecule has 3 aliphatic heterocycles. The number of hydrogen-bond donors (Lipinski definition) is 2. The van der Waals surface area contributed by atoms with E-state index >= 15 is 0 Å². The summed E-state index contributed by atoms with van der Waals surface area (Å²) in [7, 11) is 0. The first kappa shape index (κ1) is 22.3. The van der Waals surface area contributed by atoms with Crippen LogP contribution in [-0.2, 0) is 19.8 Å². The summed E-state index contributed by atoms with van der Waals surface area (Å²) in [6.07, 6.45) is 4.91. The van der Waals surface area contributed by atoms with Crippen LogP contribution in [0.1, 0.15) is 57.4 Å². The molecule has 0 saturated carbocycles. The molecule has 0 radical (unpaired) electrons. The zero-order chi connectivity index (χ0) is 22.7. The maximum Gasteiger partial charge on any atom is 0.319 e. The van der Waals surface area contributed by atoms with Crippen LogP contribution in [0.25, 0.3) is 0 Å². The van der Waals surface area contributed by atoms with Gasteiger partial charge in [-0.05, 0) is 56.2 Å². The summed E-state index contributed by atoms with van der Waals surface area (Å²) in [5, 5.41) is 5.44. The standard InChI is InChI=1S/C24H32N4O4/c1-2-24(12-9-20(29)26-22(24)31)18-5-7-19(8-6-18)25-21(30)17-10-15-28(16-11-17)23(32)27-13-3-4-14-27/h5-8,17H,2-4,9-16H2,1H3,(H,25,30)(H,26,29,31). The Morgan fingerprint density at radius 3 is 2.25 bits per heavy atom. The van der Waals surface area contributed by atoms with Gasteiger partial charge in [0.15, 0.2) is 0 Å². The summed E-state index contributed by atoms with van der Waals surface area (Å²) in [6, 6.07) is 7.48. The van der Waals surface area contributed by atoms with Gasteiger partial charge in [0.2, 0.25) is 17.7 Å². The Morgan fingerprint density at radius 1 is 1.03 bits per heavy atom. The third kappa shape index (κ3) is 4.36. The van der Waals surface area contributed by atoms with Crippen molar-refractivity contribution in [1.82, 2.24) is 15.1 Å². The number of imide groups is 1. The third-order valence-electron chi connectivity index (χ3n) is 7.29. The van der Waals surface area contributed by atoms with Crippen LogP contribution in [0.3, 0.4) is 0 Å². The fourth-order valence-corrected chi connectivity index (χ4v) is 5.12. The van der Waals surface area contributed by atoms with E-state index in [9.17, 15) is 19.2 Å². The lowest BCUT2D eigenvalue weighted by atomic mass is 9.72. The van der Waals surface area contributed by atoms with Gasteiger partial charge in [0.1, 0.15) is 0 Å². The number of benzene rings is 1. The molecular formula is C24H32N4O4. The minimum absolute atomic E-state index is 0.0303. The molecule has 32 heavy (non-hydrogen) atoms. The minimum atomic E-state index is -0.703. The van der Waals surface area contributed by atoms with E-state index in [0.29, 0.717) is 50.9 Å². The average molecular weight is 441 g/mol. The largest absolute Gasteiger partial charge is 0.326 e. The summed E-state index contributed by atoms with van der Waals surface area (Å²) >= 11 is 0. The lowest BCUT2D eigenvalue weighted by Gasteiger charge is -2.35. The molecule has 1 atom stereocenters. The molecule has 172 valence electrons. The SMILES string of the molecule is CCC1(c2ccc(NC(=O)C3CCN(C(=O)N4CCCC4)CC3)cc2)CCC(=O)NC1=O. The quantitative estimate of drug-likeness (QED) is 0.703. The van der Waals surface area contributed by atoms with Gasteiger partial charge in [-0.15, -0.1) is 0 Å². The van der Waals surface area contributed by atoms with Crippen LogP contribution < -0.4 is 10.6 Å². The van der Waals surface area contributed by atoms with Gasteiger partial charge >= 0.3 is 6.03 Å². The van der Waals surface area contributed by atoms with Gasteiger partial charge in [0.05, 0.1) is 5.41 Å². The van der Waals surface area contributed by atoms with Crippen molar-refractivity contribution in [3.05, 3.63) is 29.8 Å². The van der Waals surface area contributed by atoms with Crippen molar-refractivity contribution in [3.8, 4) is 0 Å². The molecule has 1 unspecified atom stereocenters. The minimum Gasteiger partial charge on any atom is -0.326 e. The first-order valence-electron chi connectivity index (χ1n) is 11.7. The van der Waals surface area contributed by atoms with E-state index in [4.69, 9.17) is 0 Å². The van der Waals surface area contributed by atoms with E-state index in [1.165, 1.54) is 0 Å².